The number of hydrogen-bond donors (Lipinski definition) is 3. The van der Waals surface area contributed by atoms with Gasteiger partial charge in [0.2, 0.25) is 0 Å². The molecule has 3 nitrogen and oxygen atoms in total. The van der Waals surface area contributed by atoms with Gasteiger partial charge in [-0.05, 0) is 0 Å². The summed E-state index contributed by atoms with van der Waals surface area (Å²) in [5, 5.41) is 26.6. The molecular formula is C6H10O3. The van der Waals surface area contributed by atoms with E-state index in [1.54, 1.807) is 0 Å². The molecule has 0 spiro atoms. The number of rotatable bonds is 0. The minimum absolute atomic E-state index is 0.234. The topological polar surface area (TPSA) is 60.7 Å². The van der Waals surface area contributed by atoms with Crippen molar-refractivity contribution in [3.8, 4) is 0 Å². The van der Waals surface area contributed by atoms with Gasteiger partial charge in [-0.1, -0.05) is 12.2 Å². The Balaban J connectivity index is 2.54. The first-order chi connectivity index (χ1) is 4.20. The lowest BCUT2D eigenvalue weighted by Gasteiger charge is -2.20. The lowest BCUT2D eigenvalue weighted by Crippen LogP contribution is -2.31. The van der Waals surface area contributed by atoms with Gasteiger partial charge in [-0.3, -0.25) is 0 Å². The van der Waals surface area contributed by atoms with E-state index in [0.717, 1.165) is 0 Å². The standard InChI is InChI=1S/C6H10O3/c7-4-1-2-5(8)6(9)3-4/h1-2,4-9H,3H2/t4-,5-,6+/m1/s1. The Morgan fingerprint density at radius 2 is 1.78 bits per heavy atom. The van der Waals surface area contributed by atoms with Gasteiger partial charge in [0.15, 0.2) is 0 Å². The maximum absolute atomic E-state index is 8.89. The van der Waals surface area contributed by atoms with Gasteiger partial charge in [-0.15, -0.1) is 0 Å². The van der Waals surface area contributed by atoms with Crippen molar-refractivity contribution in [2.24, 2.45) is 0 Å². The number of aliphatic hydroxyl groups is 3. The van der Waals surface area contributed by atoms with Crippen LogP contribution in [0.5, 0.6) is 0 Å². The summed E-state index contributed by atoms with van der Waals surface area (Å²) in [5.41, 5.74) is 0. The summed E-state index contributed by atoms with van der Waals surface area (Å²) in [4.78, 5) is 0. The van der Waals surface area contributed by atoms with E-state index in [9.17, 15) is 0 Å². The van der Waals surface area contributed by atoms with Crippen molar-refractivity contribution in [3.05, 3.63) is 12.2 Å². The molecule has 0 aliphatic heterocycles. The summed E-state index contributed by atoms with van der Waals surface area (Å²) in [6.45, 7) is 0. The zero-order valence-electron chi connectivity index (χ0n) is 4.94. The second-order valence-corrected chi connectivity index (χ2v) is 2.25. The fraction of sp³-hybridized carbons (Fsp3) is 0.667. The summed E-state index contributed by atoms with van der Waals surface area (Å²) >= 11 is 0. The molecule has 0 amide bonds. The van der Waals surface area contributed by atoms with Crippen molar-refractivity contribution in [2.75, 3.05) is 0 Å². The molecule has 0 heterocycles. The Bertz CT molecular complexity index is 121. The second kappa shape index (κ2) is 2.47. The molecule has 1 rings (SSSR count). The van der Waals surface area contributed by atoms with E-state index in [1.165, 1.54) is 12.2 Å². The zero-order chi connectivity index (χ0) is 6.85. The molecule has 0 aromatic carbocycles. The third-order valence-corrected chi connectivity index (χ3v) is 1.41. The quantitative estimate of drug-likeness (QED) is 0.370. The van der Waals surface area contributed by atoms with Gasteiger partial charge in [0.25, 0.3) is 0 Å². The molecule has 1 aliphatic rings. The highest BCUT2D eigenvalue weighted by molar-refractivity contribution is 5.02. The molecule has 0 saturated carbocycles. The normalized spacial score (nSPS) is 43.2. The Kier molecular flexibility index (Phi) is 1.85. The molecule has 9 heavy (non-hydrogen) atoms. The average molecular weight is 130 g/mol. The van der Waals surface area contributed by atoms with Gasteiger partial charge in [0.1, 0.15) is 0 Å². The van der Waals surface area contributed by atoms with Crippen molar-refractivity contribution >= 4 is 0 Å². The first-order valence-electron chi connectivity index (χ1n) is 2.92. The molecule has 0 aromatic heterocycles. The molecule has 3 heteroatoms. The lowest BCUT2D eigenvalue weighted by molar-refractivity contribution is 0.0101. The monoisotopic (exact) mass is 130 g/mol. The van der Waals surface area contributed by atoms with Gasteiger partial charge in [-0.25, -0.2) is 0 Å². The van der Waals surface area contributed by atoms with Gasteiger partial charge >= 0.3 is 0 Å². The second-order valence-electron chi connectivity index (χ2n) is 2.25. The Hall–Kier alpha value is -0.380. The largest absolute Gasteiger partial charge is 0.390 e. The first kappa shape index (κ1) is 6.74. The van der Waals surface area contributed by atoms with E-state index >= 15 is 0 Å². The fourth-order valence-corrected chi connectivity index (χ4v) is 0.836. The van der Waals surface area contributed by atoms with E-state index in [-0.39, 0.29) is 6.42 Å². The predicted molar refractivity (Wildman–Crippen MR) is 31.8 cm³/mol. The van der Waals surface area contributed by atoms with Crippen LogP contribution in [0, 0.1) is 0 Å². The smallest absolute Gasteiger partial charge is 0.0981 e. The number of aliphatic hydroxyl groups excluding tert-OH is 3. The Morgan fingerprint density at radius 3 is 2.22 bits per heavy atom. The minimum atomic E-state index is -0.801. The van der Waals surface area contributed by atoms with Crippen LogP contribution in [0.3, 0.4) is 0 Å². The highest BCUT2D eigenvalue weighted by Gasteiger charge is 2.20. The summed E-state index contributed by atoms with van der Waals surface area (Å²) in [6.07, 6.45) is 0.926. The number of hydrogen-bond acceptors (Lipinski definition) is 3. The van der Waals surface area contributed by atoms with Crippen LogP contribution in [0.1, 0.15) is 6.42 Å². The summed E-state index contributed by atoms with van der Waals surface area (Å²) in [6, 6.07) is 0. The van der Waals surface area contributed by atoms with Gasteiger partial charge < -0.3 is 15.3 Å². The van der Waals surface area contributed by atoms with Crippen molar-refractivity contribution in [1.29, 1.82) is 0 Å². The van der Waals surface area contributed by atoms with Crippen molar-refractivity contribution < 1.29 is 15.3 Å². The predicted octanol–water partition coefficient (Wildman–Crippen LogP) is -0.971. The third kappa shape index (κ3) is 1.51. The molecular weight excluding hydrogens is 120 g/mol. The molecule has 0 fully saturated rings. The first-order valence-corrected chi connectivity index (χ1v) is 2.92. The highest BCUT2D eigenvalue weighted by Crippen LogP contribution is 2.11. The van der Waals surface area contributed by atoms with Crippen molar-refractivity contribution in [2.45, 2.75) is 24.7 Å². The van der Waals surface area contributed by atoms with E-state index in [4.69, 9.17) is 15.3 Å². The zero-order valence-corrected chi connectivity index (χ0v) is 4.94. The Morgan fingerprint density at radius 1 is 1.11 bits per heavy atom. The van der Waals surface area contributed by atoms with Crippen molar-refractivity contribution in [3.63, 3.8) is 0 Å². The van der Waals surface area contributed by atoms with Gasteiger partial charge in [0.05, 0.1) is 18.3 Å². The van der Waals surface area contributed by atoms with Crippen LogP contribution in [0.4, 0.5) is 0 Å². The van der Waals surface area contributed by atoms with Crippen molar-refractivity contribution in [1.82, 2.24) is 0 Å². The third-order valence-electron chi connectivity index (χ3n) is 1.41. The molecule has 1 aliphatic carbocycles. The summed E-state index contributed by atoms with van der Waals surface area (Å²) in [5.74, 6) is 0. The highest BCUT2D eigenvalue weighted by atomic mass is 16.3. The molecule has 52 valence electrons. The SMILES string of the molecule is O[C@@H]1C=C[C@@H](O)[C@@H](O)C1. The average Bonchev–Trinajstić information content (AvgIpc) is 1.80. The van der Waals surface area contributed by atoms with E-state index < -0.39 is 18.3 Å². The van der Waals surface area contributed by atoms with Crippen LogP contribution in [-0.4, -0.2) is 33.6 Å². The molecule has 0 bridgehead atoms. The molecule has 0 radical (unpaired) electrons. The maximum atomic E-state index is 8.89. The van der Waals surface area contributed by atoms with Crippen LogP contribution in [-0.2, 0) is 0 Å². The van der Waals surface area contributed by atoms with Crippen LogP contribution >= 0.6 is 0 Å². The van der Waals surface area contributed by atoms with Gasteiger partial charge in [0, 0.05) is 6.42 Å². The van der Waals surface area contributed by atoms with E-state index in [1.807, 2.05) is 0 Å². The van der Waals surface area contributed by atoms with Crippen LogP contribution in [0.15, 0.2) is 12.2 Å². The van der Waals surface area contributed by atoms with Crippen LogP contribution in [0.2, 0.25) is 0 Å². The summed E-state index contributed by atoms with van der Waals surface area (Å²) < 4.78 is 0. The summed E-state index contributed by atoms with van der Waals surface area (Å²) in [7, 11) is 0. The molecule has 0 unspecified atom stereocenters. The van der Waals surface area contributed by atoms with E-state index in [2.05, 4.69) is 0 Å². The van der Waals surface area contributed by atoms with E-state index in [0.29, 0.717) is 0 Å². The molecule has 3 atom stereocenters. The fourth-order valence-electron chi connectivity index (χ4n) is 0.836. The van der Waals surface area contributed by atoms with Crippen LogP contribution in [0.25, 0.3) is 0 Å². The van der Waals surface area contributed by atoms with Gasteiger partial charge in [-0.2, -0.15) is 0 Å². The molecule has 0 aromatic rings. The maximum Gasteiger partial charge on any atom is 0.0981 e. The Labute approximate surface area is 53.3 Å². The van der Waals surface area contributed by atoms with Crippen LogP contribution < -0.4 is 0 Å². The minimum Gasteiger partial charge on any atom is -0.390 e. The molecule has 0 saturated heterocycles. The lowest BCUT2D eigenvalue weighted by atomic mass is 10.00. The molecule has 3 N–H and O–H groups in total.